The van der Waals surface area contributed by atoms with Gasteiger partial charge in [-0.2, -0.15) is 4.31 Å². The van der Waals surface area contributed by atoms with Gasteiger partial charge in [-0.05, 0) is 30.3 Å². The number of hydrogen-bond acceptors (Lipinski definition) is 4. The third-order valence-electron chi connectivity index (χ3n) is 3.61. The van der Waals surface area contributed by atoms with Gasteiger partial charge in [0.2, 0.25) is 10.0 Å². The van der Waals surface area contributed by atoms with Crippen molar-refractivity contribution >= 4 is 25.7 Å². The molecule has 0 bridgehead atoms. The molecule has 0 aliphatic rings. The molecule has 1 N–H and O–H groups in total. The molecule has 142 valence electrons. The first kappa shape index (κ1) is 20.3. The van der Waals surface area contributed by atoms with Gasteiger partial charge in [0.05, 0.1) is 10.6 Å². The number of nitrogens with one attached hydrogen (secondary N) is 1. The molecule has 0 saturated heterocycles. The maximum Gasteiger partial charge on any atom is 0.264 e. The average molecular weight is 404 g/mol. The SMILES string of the molecule is CCN(CC)S(=O)(=O)c1cccc(NS(=O)(=O)c2ccc(F)cc2F)c1. The maximum atomic E-state index is 13.8. The van der Waals surface area contributed by atoms with Crippen molar-refractivity contribution in [2.45, 2.75) is 23.6 Å². The van der Waals surface area contributed by atoms with E-state index >= 15 is 0 Å². The number of sulfonamides is 2. The van der Waals surface area contributed by atoms with E-state index in [1.165, 1.54) is 22.5 Å². The third kappa shape index (κ3) is 4.19. The van der Waals surface area contributed by atoms with Gasteiger partial charge in [-0.1, -0.05) is 19.9 Å². The highest BCUT2D eigenvalue weighted by Crippen LogP contribution is 2.23. The van der Waals surface area contributed by atoms with Crippen molar-refractivity contribution in [3.63, 3.8) is 0 Å². The zero-order valence-corrected chi connectivity index (χ0v) is 15.7. The third-order valence-corrected chi connectivity index (χ3v) is 7.07. The van der Waals surface area contributed by atoms with Gasteiger partial charge in [-0.15, -0.1) is 0 Å². The molecule has 0 atom stereocenters. The van der Waals surface area contributed by atoms with E-state index in [0.29, 0.717) is 6.07 Å². The van der Waals surface area contributed by atoms with Crippen molar-refractivity contribution in [2.24, 2.45) is 0 Å². The molecule has 0 aliphatic carbocycles. The Bertz CT molecular complexity index is 1000. The van der Waals surface area contributed by atoms with Crippen LogP contribution in [0.3, 0.4) is 0 Å². The van der Waals surface area contributed by atoms with E-state index in [4.69, 9.17) is 0 Å². The van der Waals surface area contributed by atoms with Gasteiger partial charge in [0.25, 0.3) is 10.0 Å². The van der Waals surface area contributed by atoms with Crippen molar-refractivity contribution in [1.82, 2.24) is 4.31 Å². The highest BCUT2D eigenvalue weighted by molar-refractivity contribution is 7.92. The molecule has 0 radical (unpaired) electrons. The van der Waals surface area contributed by atoms with Crippen LogP contribution in [0.1, 0.15) is 13.8 Å². The standard InChI is InChI=1S/C16H18F2N2O4S2/c1-3-20(4-2)26(23,24)14-7-5-6-13(11-14)19-25(21,22)16-9-8-12(17)10-15(16)18/h5-11,19H,3-4H2,1-2H3. The first-order valence-electron chi connectivity index (χ1n) is 7.70. The van der Waals surface area contributed by atoms with Gasteiger partial charge in [0, 0.05) is 19.2 Å². The highest BCUT2D eigenvalue weighted by Gasteiger charge is 2.23. The average Bonchev–Trinajstić information content (AvgIpc) is 2.55. The minimum atomic E-state index is -4.35. The summed E-state index contributed by atoms with van der Waals surface area (Å²) in [6.45, 7) is 3.89. The molecule has 0 spiro atoms. The van der Waals surface area contributed by atoms with E-state index in [0.717, 1.165) is 18.2 Å². The van der Waals surface area contributed by atoms with Gasteiger partial charge in [0.15, 0.2) is 0 Å². The Morgan fingerprint density at radius 2 is 1.62 bits per heavy atom. The fourth-order valence-corrected chi connectivity index (χ4v) is 4.95. The second-order valence-electron chi connectivity index (χ2n) is 5.30. The van der Waals surface area contributed by atoms with E-state index < -0.39 is 36.6 Å². The smallest absolute Gasteiger partial charge is 0.264 e. The molecule has 0 aliphatic heterocycles. The van der Waals surface area contributed by atoms with Gasteiger partial charge in [-0.25, -0.2) is 25.6 Å². The maximum absolute atomic E-state index is 13.8. The fourth-order valence-electron chi connectivity index (χ4n) is 2.34. The summed E-state index contributed by atoms with van der Waals surface area (Å²) >= 11 is 0. The van der Waals surface area contributed by atoms with E-state index in [1.807, 2.05) is 0 Å². The summed E-state index contributed by atoms with van der Waals surface area (Å²) in [5.41, 5.74) is -0.0537. The molecule has 2 rings (SSSR count). The lowest BCUT2D eigenvalue weighted by Crippen LogP contribution is -2.30. The number of nitrogens with zero attached hydrogens (tertiary/aromatic N) is 1. The second kappa shape index (κ2) is 7.68. The lowest BCUT2D eigenvalue weighted by Gasteiger charge is -2.19. The Kier molecular flexibility index (Phi) is 5.99. The van der Waals surface area contributed by atoms with Crippen molar-refractivity contribution in [2.75, 3.05) is 17.8 Å². The quantitative estimate of drug-likeness (QED) is 0.769. The molecule has 0 heterocycles. The zero-order valence-electron chi connectivity index (χ0n) is 14.1. The fraction of sp³-hybridized carbons (Fsp3) is 0.250. The number of benzene rings is 2. The van der Waals surface area contributed by atoms with Gasteiger partial charge in [0.1, 0.15) is 16.5 Å². The summed E-state index contributed by atoms with van der Waals surface area (Å²) in [7, 11) is -8.14. The summed E-state index contributed by atoms with van der Waals surface area (Å²) in [6.07, 6.45) is 0. The molecule has 0 saturated carbocycles. The van der Waals surface area contributed by atoms with Crippen LogP contribution in [0, 0.1) is 11.6 Å². The molecule has 6 nitrogen and oxygen atoms in total. The molecular weight excluding hydrogens is 386 g/mol. The first-order valence-corrected chi connectivity index (χ1v) is 10.6. The summed E-state index contributed by atoms with van der Waals surface area (Å²) < 4.78 is 79.7. The van der Waals surface area contributed by atoms with Crippen LogP contribution in [0.25, 0.3) is 0 Å². The van der Waals surface area contributed by atoms with Crippen molar-refractivity contribution in [3.05, 3.63) is 54.1 Å². The number of hydrogen-bond donors (Lipinski definition) is 1. The van der Waals surface area contributed by atoms with Crippen molar-refractivity contribution in [3.8, 4) is 0 Å². The summed E-state index contributed by atoms with van der Waals surface area (Å²) in [6, 6.07) is 7.25. The number of anilines is 1. The Balaban J connectivity index is 2.39. The largest absolute Gasteiger partial charge is 0.279 e. The molecule has 0 fully saturated rings. The molecule has 10 heteroatoms. The Labute approximate surface area is 151 Å². The number of rotatable bonds is 7. The molecule has 2 aromatic rings. The summed E-state index contributed by atoms with van der Waals surface area (Å²) in [5.74, 6) is -2.15. The van der Waals surface area contributed by atoms with Gasteiger partial charge >= 0.3 is 0 Å². The molecular formula is C16H18F2N2O4S2. The predicted molar refractivity (Wildman–Crippen MR) is 93.7 cm³/mol. The molecule has 0 unspecified atom stereocenters. The highest BCUT2D eigenvalue weighted by atomic mass is 32.2. The van der Waals surface area contributed by atoms with Crippen LogP contribution in [0.2, 0.25) is 0 Å². The lowest BCUT2D eigenvalue weighted by atomic mass is 10.3. The van der Waals surface area contributed by atoms with Crippen LogP contribution in [0.5, 0.6) is 0 Å². The minimum absolute atomic E-state index is 0.0537. The van der Waals surface area contributed by atoms with Crippen LogP contribution >= 0.6 is 0 Å². The van der Waals surface area contributed by atoms with Gasteiger partial charge < -0.3 is 0 Å². The minimum Gasteiger partial charge on any atom is -0.279 e. The van der Waals surface area contributed by atoms with E-state index in [-0.39, 0.29) is 23.7 Å². The van der Waals surface area contributed by atoms with Crippen LogP contribution in [0.4, 0.5) is 14.5 Å². The van der Waals surface area contributed by atoms with E-state index in [9.17, 15) is 25.6 Å². The Morgan fingerprint density at radius 3 is 2.19 bits per heavy atom. The summed E-state index contributed by atoms with van der Waals surface area (Å²) in [4.78, 5) is -0.836. The van der Waals surface area contributed by atoms with Crippen molar-refractivity contribution in [1.29, 1.82) is 0 Å². The lowest BCUT2D eigenvalue weighted by molar-refractivity contribution is 0.445. The predicted octanol–water partition coefficient (Wildman–Crippen LogP) is 2.80. The van der Waals surface area contributed by atoms with E-state index in [2.05, 4.69) is 4.72 Å². The van der Waals surface area contributed by atoms with Gasteiger partial charge in [-0.3, -0.25) is 4.72 Å². The molecule has 26 heavy (non-hydrogen) atoms. The molecule has 0 amide bonds. The number of halogens is 2. The topological polar surface area (TPSA) is 83.6 Å². The Morgan fingerprint density at radius 1 is 0.962 bits per heavy atom. The Hall–Kier alpha value is -2.04. The normalized spacial score (nSPS) is 12.3. The van der Waals surface area contributed by atoms with Crippen LogP contribution < -0.4 is 4.72 Å². The monoisotopic (exact) mass is 404 g/mol. The van der Waals surface area contributed by atoms with Crippen molar-refractivity contribution < 1.29 is 25.6 Å². The van der Waals surface area contributed by atoms with Crippen LogP contribution in [-0.2, 0) is 20.0 Å². The first-order chi connectivity index (χ1) is 12.1. The second-order valence-corrected chi connectivity index (χ2v) is 8.89. The van der Waals surface area contributed by atoms with Crippen LogP contribution in [-0.4, -0.2) is 34.2 Å². The van der Waals surface area contributed by atoms with E-state index in [1.54, 1.807) is 13.8 Å². The van der Waals surface area contributed by atoms with Crippen LogP contribution in [0.15, 0.2) is 52.3 Å². The summed E-state index contributed by atoms with van der Waals surface area (Å²) in [5, 5.41) is 0. The molecule has 2 aromatic carbocycles. The zero-order chi connectivity index (χ0) is 19.5. The molecule has 0 aromatic heterocycles.